The van der Waals surface area contributed by atoms with E-state index in [0.717, 1.165) is 0 Å². The van der Waals surface area contributed by atoms with Gasteiger partial charge in [-0.25, -0.2) is 18.4 Å². The summed E-state index contributed by atoms with van der Waals surface area (Å²) in [5.41, 5.74) is 3.18. The lowest BCUT2D eigenvalue weighted by Crippen LogP contribution is -2.01. The minimum Gasteiger partial charge on any atom is -0.436 e. The number of halogens is 2. The van der Waals surface area contributed by atoms with Crippen molar-refractivity contribution in [2.45, 2.75) is 9.79 Å². The maximum absolute atomic E-state index is 13.4. The van der Waals surface area contributed by atoms with Crippen LogP contribution in [0, 0.1) is 0 Å². The molecule has 6 rings (SSSR count). The number of sulfone groups is 1. The van der Waals surface area contributed by atoms with Gasteiger partial charge in [0.2, 0.25) is 21.6 Å². The van der Waals surface area contributed by atoms with Gasteiger partial charge < -0.3 is 8.83 Å². The second-order valence-electron chi connectivity index (χ2n) is 7.82. The predicted molar refractivity (Wildman–Crippen MR) is 134 cm³/mol. The molecule has 0 unspecified atom stereocenters. The van der Waals surface area contributed by atoms with Crippen LogP contribution in [0.1, 0.15) is 0 Å². The quantitative estimate of drug-likeness (QED) is 0.240. The molecule has 0 spiro atoms. The molecule has 172 valence electrons. The number of fused-ring (bicyclic) bond motifs is 2. The van der Waals surface area contributed by atoms with Crippen molar-refractivity contribution >= 4 is 55.2 Å². The molecule has 35 heavy (non-hydrogen) atoms. The molecule has 0 aliphatic heterocycles. The standard InChI is InChI=1S/C26H14Cl2N2O4S/c27-17-5-1-3-15(11-17)25-29-21-9-7-19(13-23(21)33-25)35(31,32)20-8-10-22-24(14-20)34-26(30-22)16-4-2-6-18(28)12-16/h1-14H. The van der Waals surface area contributed by atoms with Gasteiger partial charge in [-0.2, -0.15) is 0 Å². The molecule has 0 fully saturated rings. The van der Waals surface area contributed by atoms with E-state index in [1.165, 1.54) is 24.3 Å². The van der Waals surface area contributed by atoms with Crippen LogP contribution in [0.3, 0.4) is 0 Å². The van der Waals surface area contributed by atoms with Gasteiger partial charge in [0, 0.05) is 33.3 Å². The largest absolute Gasteiger partial charge is 0.436 e. The Kier molecular flexibility index (Phi) is 5.14. The zero-order valence-corrected chi connectivity index (χ0v) is 20.1. The average molecular weight is 521 g/mol. The molecular formula is C26H14Cl2N2O4S. The lowest BCUT2D eigenvalue weighted by atomic mass is 10.2. The fraction of sp³-hybridized carbons (Fsp3) is 0. The van der Waals surface area contributed by atoms with E-state index in [1.807, 2.05) is 12.1 Å². The number of hydrogen-bond acceptors (Lipinski definition) is 6. The Hall–Kier alpha value is -3.65. The molecule has 4 aromatic carbocycles. The molecule has 9 heteroatoms. The molecule has 0 aliphatic carbocycles. The molecule has 6 nitrogen and oxygen atoms in total. The zero-order valence-electron chi connectivity index (χ0n) is 17.8. The van der Waals surface area contributed by atoms with Gasteiger partial charge in [0.1, 0.15) is 11.0 Å². The normalized spacial score (nSPS) is 11.9. The molecule has 0 radical (unpaired) electrons. The first-order valence-electron chi connectivity index (χ1n) is 10.4. The molecule has 0 amide bonds. The van der Waals surface area contributed by atoms with E-state index in [4.69, 9.17) is 32.0 Å². The molecule has 0 saturated carbocycles. The van der Waals surface area contributed by atoms with Crippen LogP contribution in [-0.4, -0.2) is 18.4 Å². The first-order chi connectivity index (χ1) is 16.9. The second kappa shape index (κ2) is 8.23. The van der Waals surface area contributed by atoms with E-state index in [0.29, 0.717) is 55.2 Å². The van der Waals surface area contributed by atoms with Crippen molar-refractivity contribution in [3.63, 3.8) is 0 Å². The second-order valence-corrected chi connectivity index (χ2v) is 10.6. The third kappa shape index (κ3) is 3.97. The Labute approximate surface area is 209 Å². The number of benzene rings is 4. The van der Waals surface area contributed by atoms with E-state index in [1.54, 1.807) is 48.5 Å². The SMILES string of the molecule is O=S(=O)(c1ccc2nc(-c3cccc(Cl)c3)oc2c1)c1ccc2nc(-c3cccc(Cl)c3)oc2c1. The van der Waals surface area contributed by atoms with E-state index in [2.05, 4.69) is 9.97 Å². The van der Waals surface area contributed by atoms with Crippen LogP contribution in [0.15, 0.2) is 104 Å². The minimum absolute atomic E-state index is 0.0766. The predicted octanol–water partition coefficient (Wildman–Crippen LogP) is 7.44. The fourth-order valence-corrected chi connectivity index (χ4v) is 5.44. The minimum atomic E-state index is -3.86. The summed E-state index contributed by atoms with van der Waals surface area (Å²) in [6, 6.07) is 23.4. The Balaban J connectivity index is 1.38. The summed E-state index contributed by atoms with van der Waals surface area (Å²) in [6.07, 6.45) is 0. The summed E-state index contributed by atoms with van der Waals surface area (Å²) < 4.78 is 38.5. The Morgan fingerprint density at radius 2 is 1.06 bits per heavy atom. The summed E-state index contributed by atoms with van der Waals surface area (Å²) in [7, 11) is -3.86. The van der Waals surface area contributed by atoms with Gasteiger partial charge in [-0.15, -0.1) is 0 Å². The fourth-order valence-electron chi connectivity index (χ4n) is 3.77. The maximum atomic E-state index is 13.4. The molecule has 0 aliphatic rings. The molecule has 6 aromatic rings. The van der Waals surface area contributed by atoms with Crippen molar-refractivity contribution in [2.24, 2.45) is 0 Å². The van der Waals surface area contributed by atoms with E-state index in [9.17, 15) is 8.42 Å². The first-order valence-corrected chi connectivity index (χ1v) is 12.7. The van der Waals surface area contributed by atoms with Crippen molar-refractivity contribution in [1.29, 1.82) is 0 Å². The smallest absolute Gasteiger partial charge is 0.227 e. The summed E-state index contributed by atoms with van der Waals surface area (Å²) >= 11 is 12.1. The number of nitrogens with zero attached hydrogens (tertiary/aromatic N) is 2. The summed E-state index contributed by atoms with van der Waals surface area (Å²) in [5.74, 6) is 0.711. The van der Waals surface area contributed by atoms with Crippen LogP contribution >= 0.6 is 23.2 Å². The van der Waals surface area contributed by atoms with Crippen LogP contribution in [0.2, 0.25) is 10.0 Å². The van der Waals surface area contributed by atoms with Crippen LogP contribution < -0.4 is 0 Å². The molecular weight excluding hydrogens is 507 g/mol. The lowest BCUT2D eigenvalue weighted by Gasteiger charge is -2.04. The Morgan fingerprint density at radius 1 is 0.600 bits per heavy atom. The van der Waals surface area contributed by atoms with Gasteiger partial charge in [0.15, 0.2) is 11.2 Å². The number of aromatic nitrogens is 2. The van der Waals surface area contributed by atoms with Crippen LogP contribution in [0.5, 0.6) is 0 Å². The highest BCUT2D eigenvalue weighted by Crippen LogP contribution is 2.32. The Morgan fingerprint density at radius 3 is 1.49 bits per heavy atom. The molecule has 0 N–H and O–H groups in total. The third-order valence-electron chi connectivity index (χ3n) is 5.48. The van der Waals surface area contributed by atoms with Gasteiger partial charge in [0.25, 0.3) is 0 Å². The van der Waals surface area contributed by atoms with Crippen molar-refractivity contribution in [3.05, 3.63) is 95.0 Å². The monoisotopic (exact) mass is 520 g/mol. The zero-order chi connectivity index (χ0) is 24.2. The van der Waals surface area contributed by atoms with E-state index < -0.39 is 9.84 Å². The highest BCUT2D eigenvalue weighted by molar-refractivity contribution is 7.91. The molecule has 0 atom stereocenters. The van der Waals surface area contributed by atoms with E-state index >= 15 is 0 Å². The molecule has 2 heterocycles. The van der Waals surface area contributed by atoms with Gasteiger partial charge in [-0.3, -0.25) is 0 Å². The van der Waals surface area contributed by atoms with Crippen molar-refractivity contribution in [1.82, 2.24) is 9.97 Å². The van der Waals surface area contributed by atoms with E-state index in [-0.39, 0.29) is 9.79 Å². The number of hydrogen-bond donors (Lipinski definition) is 0. The van der Waals surface area contributed by atoms with Crippen molar-refractivity contribution in [3.8, 4) is 22.9 Å². The summed E-state index contributed by atoms with van der Waals surface area (Å²) in [6.45, 7) is 0. The van der Waals surface area contributed by atoms with Gasteiger partial charge >= 0.3 is 0 Å². The van der Waals surface area contributed by atoms with Crippen LogP contribution in [-0.2, 0) is 9.84 Å². The average Bonchev–Trinajstić information content (AvgIpc) is 3.47. The van der Waals surface area contributed by atoms with Crippen LogP contribution in [0.25, 0.3) is 45.1 Å². The number of rotatable bonds is 4. The Bertz CT molecular complexity index is 1730. The third-order valence-corrected chi connectivity index (χ3v) is 7.70. The van der Waals surface area contributed by atoms with Crippen LogP contribution in [0.4, 0.5) is 0 Å². The highest BCUT2D eigenvalue weighted by Gasteiger charge is 2.21. The maximum Gasteiger partial charge on any atom is 0.227 e. The topological polar surface area (TPSA) is 86.2 Å². The van der Waals surface area contributed by atoms with Gasteiger partial charge in [-0.05, 0) is 60.7 Å². The molecule has 0 bridgehead atoms. The van der Waals surface area contributed by atoms with Crippen molar-refractivity contribution < 1.29 is 17.3 Å². The summed E-state index contributed by atoms with van der Waals surface area (Å²) in [4.78, 5) is 9.04. The number of oxazole rings is 2. The highest BCUT2D eigenvalue weighted by atomic mass is 35.5. The molecule has 0 saturated heterocycles. The van der Waals surface area contributed by atoms with Gasteiger partial charge in [-0.1, -0.05) is 35.3 Å². The van der Waals surface area contributed by atoms with Gasteiger partial charge in [0.05, 0.1) is 9.79 Å². The lowest BCUT2D eigenvalue weighted by molar-refractivity contribution is 0.593. The first kappa shape index (κ1) is 21.9. The summed E-state index contributed by atoms with van der Waals surface area (Å²) in [5, 5.41) is 1.10. The van der Waals surface area contributed by atoms with Crippen molar-refractivity contribution in [2.75, 3.05) is 0 Å². The molecule has 2 aromatic heterocycles.